The number of amides is 3. The average molecular weight is 413 g/mol. The van der Waals surface area contributed by atoms with Crippen LogP contribution in [0.1, 0.15) is 28.8 Å². The Kier molecular flexibility index (Phi) is 5.62. The van der Waals surface area contributed by atoms with E-state index in [9.17, 15) is 9.59 Å². The van der Waals surface area contributed by atoms with E-state index in [1.165, 1.54) is 11.3 Å². The van der Waals surface area contributed by atoms with Crippen molar-refractivity contribution in [2.75, 3.05) is 36.4 Å². The van der Waals surface area contributed by atoms with Gasteiger partial charge in [-0.2, -0.15) is 0 Å². The molecule has 0 unspecified atom stereocenters. The Morgan fingerprint density at radius 2 is 1.79 bits per heavy atom. The summed E-state index contributed by atoms with van der Waals surface area (Å²) in [5.41, 5.74) is 3.38. The van der Waals surface area contributed by atoms with Gasteiger partial charge in [0.05, 0.1) is 10.6 Å². The number of hydrogen-bond acceptors (Lipinski definition) is 3. The van der Waals surface area contributed by atoms with Crippen LogP contribution in [0, 0.1) is 6.92 Å². The zero-order chi connectivity index (χ0) is 20.4. The summed E-state index contributed by atoms with van der Waals surface area (Å²) in [6, 6.07) is 13.5. The molecule has 0 bridgehead atoms. The Bertz CT molecular complexity index is 921. The fraction of sp³-hybridized carbons (Fsp3) is 0.364. The number of halogens is 1. The molecule has 1 aliphatic carbocycles. The van der Waals surface area contributed by atoms with E-state index in [0.29, 0.717) is 29.4 Å². The molecule has 0 radical (unpaired) electrons. The van der Waals surface area contributed by atoms with Gasteiger partial charge in [0.2, 0.25) is 0 Å². The molecule has 1 heterocycles. The number of aryl methyl sites for hydroxylation is 1. The molecular weight excluding hydrogens is 388 g/mol. The van der Waals surface area contributed by atoms with E-state index in [1.54, 1.807) is 23.1 Å². The molecular formula is C22H25ClN4O2. The van der Waals surface area contributed by atoms with Crippen LogP contribution in [0.5, 0.6) is 0 Å². The van der Waals surface area contributed by atoms with E-state index in [2.05, 4.69) is 46.7 Å². The van der Waals surface area contributed by atoms with Crippen molar-refractivity contribution < 1.29 is 9.59 Å². The number of hydrogen-bond donors (Lipinski definition) is 2. The highest BCUT2D eigenvalue weighted by Gasteiger charge is 2.25. The molecule has 2 N–H and O–H groups in total. The first-order valence-electron chi connectivity index (χ1n) is 9.97. The first-order valence-corrected chi connectivity index (χ1v) is 10.4. The molecule has 1 aliphatic heterocycles. The first-order chi connectivity index (χ1) is 14.0. The van der Waals surface area contributed by atoms with Gasteiger partial charge in [0.1, 0.15) is 0 Å². The molecule has 6 nitrogen and oxygen atoms in total. The minimum Gasteiger partial charge on any atom is -0.368 e. The van der Waals surface area contributed by atoms with Gasteiger partial charge in [-0.15, -0.1) is 0 Å². The van der Waals surface area contributed by atoms with Crippen LogP contribution in [0.25, 0.3) is 0 Å². The van der Waals surface area contributed by atoms with Crippen LogP contribution in [0.2, 0.25) is 5.02 Å². The van der Waals surface area contributed by atoms with Crippen molar-refractivity contribution in [2.45, 2.75) is 25.8 Å². The van der Waals surface area contributed by atoms with E-state index in [4.69, 9.17) is 11.6 Å². The molecule has 0 spiro atoms. The lowest BCUT2D eigenvalue weighted by Crippen LogP contribution is -2.50. The van der Waals surface area contributed by atoms with Crippen LogP contribution in [0.15, 0.2) is 42.5 Å². The summed E-state index contributed by atoms with van der Waals surface area (Å²) >= 11 is 6.18. The highest BCUT2D eigenvalue weighted by Crippen LogP contribution is 2.24. The van der Waals surface area contributed by atoms with E-state index in [1.807, 2.05) is 0 Å². The highest BCUT2D eigenvalue weighted by atomic mass is 35.5. The minimum atomic E-state index is -0.194. The summed E-state index contributed by atoms with van der Waals surface area (Å²) in [5.74, 6) is -0.194. The Morgan fingerprint density at radius 1 is 1.03 bits per heavy atom. The number of carbonyl (C=O) groups is 2. The van der Waals surface area contributed by atoms with Crippen LogP contribution in [-0.4, -0.2) is 49.1 Å². The van der Waals surface area contributed by atoms with Crippen LogP contribution >= 0.6 is 11.6 Å². The van der Waals surface area contributed by atoms with Crippen LogP contribution in [0.3, 0.4) is 0 Å². The topological polar surface area (TPSA) is 64.7 Å². The molecule has 0 aromatic heterocycles. The third kappa shape index (κ3) is 4.82. The van der Waals surface area contributed by atoms with Gasteiger partial charge in [-0.3, -0.25) is 4.79 Å². The van der Waals surface area contributed by atoms with Gasteiger partial charge in [0, 0.05) is 43.6 Å². The second kappa shape index (κ2) is 8.33. The molecule has 2 aromatic carbocycles. The maximum Gasteiger partial charge on any atom is 0.321 e. The van der Waals surface area contributed by atoms with Crippen molar-refractivity contribution in [3.63, 3.8) is 0 Å². The van der Waals surface area contributed by atoms with Gasteiger partial charge in [-0.1, -0.05) is 23.7 Å². The molecule has 3 amide bonds. The smallest absolute Gasteiger partial charge is 0.321 e. The van der Waals surface area contributed by atoms with Gasteiger partial charge in [0.15, 0.2) is 0 Å². The number of piperazine rings is 1. The third-order valence-electron chi connectivity index (χ3n) is 5.31. The number of anilines is 2. The summed E-state index contributed by atoms with van der Waals surface area (Å²) in [5, 5.41) is 6.21. The second-order valence-corrected chi connectivity index (χ2v) is 8.09. The second-order valence-electron chi connectivity index (χ2n) is 7.69. The lowest BCUT2D eigenvalue weighted by Gasteiger charge is -2.36. The highest BCUT2D eigenvalue weighted by molar-refractivity contribution is 6.34. The molecule has 1 saturated heterocycles. The normalized spacial score (nSPS) is 16.5. The number of carbonyl (C=O) groups excluding carboxylic acids is 2. The van der Waals surface area contributed by atoms with Gasteiger partial charge < -0.3 is 20.4 Å². The Hall–Kier alpha value is -2.73. The minimum absolute atomic E-state index is 0.162. The summed E-state index contributed by atoms with van der Waals surface area (Å²) in [7, 11) is 0. The predicted octanol–water partition coefficient (Wildman–Crippen LogP) is 3.89. The number of nitrogens with one attached hydrogen (secondary N) is 2. The van der Waals surface area contributed by atoms with E-state index in [-0.39, 0.29) is 18.0 Å². The number of rotatable bonds is 4. The Labute approximate surface area is 175 Å². The SMILES string of the molecule is Cc1cccc(N2CCN(C(=O)Nc3ccc(Cl)c(C(=O)NC4CC4)c3)CC2)c1. The molecule has 29 heavy (non-hydrogen) atoms. The van der Waals surface area contributed by atoms with Crippen molar-refractivity contribution in [3.05, 3.63) is 58.6 Å². The predicted molar refractivity (Wildman–Crippen MR) is 116 cm³/mol. The molecule has 4 rings (SSSR count). The van der Waals surface area contributed by atoms with Crippen molar-refractivity contribution in [1.29, 1.82) is 0 Å². The van der Waals surface area contributed by atoms with Crippen molar-refractivity contribution in [3.8, 4) is 0 Å². The van der Waals surface area contributed by atoms with Crippen LogP contribution in [0.4, 0.5) is 16.2 Å². The van der Waals surface area contributed by atoms with Crippen molar-refractivity contribution in [2.24, 2.45) is 0 Å². The Morgan fingerprint density at radius 3 is 2.48 bits per heavy atom. The molecule has 2 aromatic rings. The lowest BCUT2D eigenvalue weighted by atomic mass is 10.2. The maximum absolute atomic E-state index is 12.7. The molecule has 1 saturated carbocycles. The summed E-state index contributed by atoms with van der Waals surface area (Å²) in [6.45, 7) is 4.93. The van der Waals surface area contributed by atoms with E-state index in [0.717, 1.165) is 25.9 Å². The molecule has 2 aliphatic rings. The monoisotopic (exact) mass is 412 g/mol. The summed E-state index contributed by atoms with van der Waals surface area (Å²) in [6.07, 6.45) is 2.02. The fourth-order valence-corrected chi connectivity index (χ4v) is 3.67. The van der Waals surface area contributed by atoms with Crippen LogP contribution < -0.4 is 15.5 Å². The number of benzene rings is 2. The maximum atomic E-state index is 12.7. The van der Waals surface area contributed by atoms with E-state index >= 15 is 0 Å². The van der Waals surface area contributed by atoms with Gasteiger partial charge in [0.25, 0.3) is 5.91 Å². The zero-order valence-electron chi connectivity index (χ0n) is 16.5. The quantitative estimate of drug-likeness (QED) is 0.800. The third-order valence-corrected chi connectivity index (χ3v) is 5.64. The molecule has 152 valence electrons. The molecule has 0 atom stereocenters. The van der Waals surface area contributed by atoms with Crippen LogP contribution in [-0.2, 0) is 0 Å². The average Bonchev–Trinajstić information content (AvgIpc) is 3.53. The van der Waals surface area contributed by atoms with Gasteiger partial charge in [-0.25, -0.2) is 4.79 Å². The van der Waals surface area contributed by atoms with Crippen molar-refractivity contribution in [1.82, 2.24) is 10.2 Å². The summed E-state index contributed by atoms with van der Waals surface area (Å²) < 4.78 is 0. The Balaban J connectivity index is 1.35. The number of urea groups is 1. The zero-order valence-corrected chi connectivity index (χ0v) is 17.2. The van der Waals surface area contributed by atoms with E-state index < -0.39 is 0 Å². The first kappa shape index (κ1) is 19.6. The number of nitrogens with zero attached hydrogens (tertiary/aromatic N) is 2. The van der Waals surface area contributed by atoms with Gasteiger partial charge in [-0.05, 0) is 55.7 Å². The fourth-order valence-electron chi connectivity index (χ4n) is 3.46. The van der Waals surface area contributed by atoms with Crippen molar-refractivity contribution >= 4 is 34.9 Å². The molecule has 2 fully saturated rings. The largest absolute Gasteiger partial charge is 0.368 e. The lowest BCUT2D eigenvalue weighted by molar-refractivity contribution is 0.0951. The van der Waals surface area contributed by atoms with Gasteiger partial charge >= 0.3 is 6.03 Å². The standard InChI is InChI=1S/C22H25ClN4O2/c1-15-3-2-4-18(13-15)26-9-11-27(12-10-26)22(29)25-17-7-8-20(23)19(14-17)21(28)24-16-5-6-16/h2-4,7-8,13-14,16H,5-6,9-12H2,1H3,(H,24,28)(H,25,29). The summed E-state index contributed by atoms with van der Waals surface area (Å²) in [4.78, 5) is 29.1. The molecule has 7 heteroatoms.